The first kappa shape index (κ1) is 15.8. The Kier molecular flexibility index (Phi) is 5.85. The molecule has 1 saturated heterocycles. The number of thiazole rings is 1. The van der Waals surface area contributed by atoms with Crippen LogP contribution >= 0.6 is 11.3 Å². The van der Waals surface area contributed by atoms with Gasteiger partial charge in [0.25, 0.3) is 0 Å². The molecule has 2 heterocycles. The second-order valence-electron chi connectivity index (χ2n) is 6.35. The molecule has 114 valence electrons. The van der Waals surface area contributed by atoms with Gasteiger partial charge in [-0.3, -0.25) is 0 Å². The highest BCUT2D eigenvalue weighted by molar-refractivity contribution is 7.15. The van der Waals surface area contributed by atoms with Gasteiger partial charge in [-0.15, -0.1) is 11.3 Å². The second kappa shape index (κ2) is 7.41. The lowest BCUT2D eigenvalue weighted by Crippen LogP contribution is -2.34. The van der Waals surface area contributed by atoms with Gasteiger partial charge >= 0.3 is 0 Å². The van der Waals surface area contributed by atoms with E-state index in [-0.39, 0.29) is 0 Å². The van der Waals surface area contributed by atoms with Crippen molar-refractivity contribution in [1.82, 2.24) is 10.3 Å². The van der Waals surface area contributed by atoms with Gasteiger partial charge in [0.1, 0.15) is 0 Å². The van der Waals surface area contributed by atoms with E-state index in [1.54, 1.807) is 0 Å². The Balaban J connectivity index is 2.10. The Hall–Kier alpha value is -0.610. The monoisotopic (exact) mass is 295 g/mol. The maximum absolute atomic E-state index is 4.94. The van der Waals surface area contributed by atoms with Gasteiger partial charge in [0.15, 0.2) is 5.13 Å². The highest BCUT2D eigenvalue weighted by Crippen LogP contribution is 2.30. The van der Waals surface area contributed by atoms with E-state index in [4.69, 9.17) is 4.98 Å². The highest BCUT2D eigenvalue weighted by Gasteiger charge is 2.21. The van der Waals surface area contributed by atoms with E-state index in [9.17, 15) is 0 Å². The molecule has 1 aliphatic heterocycles. The van der Waals surface area contributed by atoms with Gasteiger partial charge in [0, 0.05) is 30.6 Å². The van der Waals surface area contributed by atoms with Crippen LogP contribution in [0.15, 0.2) is 0 Å². The Bertz CT molecular complexity index is 414. The second-order valence-corrected chi connectivity index (χ2v) is 7.41. The predicted molar refractivity (Wildman–Crippen MR) is 88.7 cm³/mol. The largest absolute Gasteiger partial charge is 0.348 e. The molecule has 0 aromatic carbocycles. The molecule has 1 N–H and O–H groups in total. The molecule has 1 aromatic rings. The number of aromatic nitrogens is 1. The summed E-state index contributed by atoms with van der Waals surface area (Å²) < 4.78 is 0. The predicted octanol–water partition coefficient (Wildman–Crippen LogP) is 3.83. The minimum Gasteiger partial charge on any atom is -0.348 e. The molecule has 2 rings (SSSR count). The Morgan fingerprint density at radius 2 is 2.25 bits per heavy atom. The van der Waals surface area contributed by atoms with Crippen LogP contribution in [0.2, 0.25) is 0 Å². The third-order valence-electron chi connectivity index (χ3n) is 3.85. The van der Waals surface area contributed by atoms with Crippen molar-refractivity contribution in [2.45, 2.75) is 66.0 Å². The van der Waals surface area contributed by atoms with Crippen molar-refractivity contribution >= 4 is 16.5 Å². The summed E-state index contributed by atoms with van der Waals surface area (Å²) in [5.41, 5.74) is 1.32. The minimum atomic E-state index is 0.532. The van der Waals surface area contributed by atoms with E-state index < -0.39 is 0 Å². The normalized spacial score (nSPS) is 19.9. The lowest BCUT2D eigenvalue weighted by molar-refractivity contribution is 0.446. The van der Waals surface area contributed by atoms with Gasteiger partial charge in [-0.25, -0.2) is 4.98 Å². The molecule has 1 fully saturated rings. The van der Waals surface area contributed by atoms with E-state index >= 15 is 0 Å². The van der Waals surface area contributed by atoms with Crippen molar-refractivity contribution in [3.8, 4) is 0 Å². The summed E-state index contributed by atoms with van der Waals surface area (Å²) in [6.45, 7) is 12.3. The number of nitrogens with one attached hydrogen (secondary N) is 1. The molecule has 20 heavy (non-hydrogen) atoms. The molecule has 0 radical (unpaired) electrons. The van der Waals surface area contributed by atoms with Crippen LogP contribution in [0.5, 0.6) is 0 Å². The van der Waals surface area contributed by atoms with Crippen molar-refractivity contribution in [3.63, 3.8) is 0 Å². The summed E-state index contributed by atoms with van der Waals surface area (Å²) in [7, 11) is 0. The van der Waals surface area contributed by atoms with Crippen LogP contribution in [0, 0.1) is 5.92 Å². The molecule has 0 aliphatic carbocycles. The van der Waals surface area contributed by atoms with Crippen LogP contribution in [0.1, 0.15) is 57.5 Å². The standard InChI is InChI=1S/C16H29N3S/c1-5-7-14-15(10-17-12(2)3)20-16(18-14)19-9-6-8-13(4)11-19/h12-13,17H,5-11H2,1-4H3. The van der Waals surface area contributed by atoms with Gasteiger partial charge in [0.05, 0.1) is 5.69 Å². The first-order chi connectivity index (χ1) is 9.60. The number of piperidine rings is 1. The average Bonchev–Trinajstić information content (AvgIpc) is 2.80. The summed E-state index contributed by atoms with van der Waals surface area (Å²) in [5, 5.41) is 4.79. The molecular formula is C16H29N3S. The lowest BCUT2D eigenvalue weighted by atomic mass is 10.0. The van der Waals surface area contributed by atoms with Gasteiger partial charge in [-0.2, -0.15) is 0 Å². The topological polar surface area (TPSA) is 28.2 Å². The van der Waals surface area contributed by atoms with Gasteiger partial charge in [0.2, 0.25) is 0 Å². The Morgan fingerprint density at radius 1 is 1.45 bits per heavy atom. The zero-order valence-electron chi connectivity index (χ0n) is 13.4. The molecule has 1 atom stereocenters. The molecule has 0 bridgehead atoms. The van der Waals surface area contributed by atoms with Crippen LogP contribution in [-0.4, -0.2) is 24.1 Å². The van der Waals surface area contributed by atoms with E-state index in [0.29, 0.717) is 6.04 Å². The summed E-state index contributed by atoms with van der Waals surface area (Å²) in [4.78, 5) is 8.88. The van der Waals surface area contributed by atoms with Crippen molar-refractivity contribution in [2.75, 3.05) is 18.0 Å². The molecule has 0 spiro atoms. The lowest BCUT2D eigenvalue weighted by Gasteiger charge is -2.30. The molecule has 1 aromatic heterocycles. The minimum absolute atomic E-state index is 0.532. The van der Waals surface area contributed by atoms with Crippen molar-refractivity contribution in [1.29, 1.82) is 0 Å². The van der Waals surface area contributed by atoms with Gasteiger partial charge in [-0.05, 0) is 25.2 Å². The van der Waals surface area contributed by atoms with Gasteiger partial charge < -0.3 is 10.2 Å². The number of nitrogens with zero attached hydrogens (tertiary/aromatic N) is 2. The van der Waals surface area contributed by atoms with Crippen molar-refractivity contribution in [3.05, 3.63) is 10.6 Å². The summed E-state index contributed by atoms with van der Waals surface area (Å²) in [6, 6.07) is 0.532. The zero-order valence-corrected chi connectivity index (χ0v) is 14.2. The fraction of sp³-hybridized carbons (Fsp3) is 0.812. The molecule has 0 saturated carbocycles. The molecule has 3 nitrogen and oxygen atoms in total. The number of hydrogen-bond donors (Lipinski definition) is 1. The quantitative estimate of drug-likeness (QED) is 0.864. The van der Waals surface area contributed by atoms with Crippen molar-refractivity contribution < 1.29 is 0 Å². The van der Waals surface area contributed by atoms with Crippen LogP contribution in [0.3, 0.4) is 0 Å². The van der Waals surface area contributed by atoms with Crippen LogP contribution in [0.4, 0.5) is 5.13 Å². The summed E-state index contributed by atoms with van der Waals surface area (Å²) >= 11 is 1.90. The average molecular weight is 295 g/mol. The summed E-state index contributed by atoms with van der Waals surface area (Å²) in [5.74, 6) is 0.805. The first-order valence-electron chi connectivity index (χ1n) is 8.07. The SMILES string of the molecule is CCCc1nc(N2CCCC(C)C2)sc1CNC(C)C. The molecule has 1 unspecified atom stereocenters. The van der Waals surface area contributed by atoms with Gasteiger partial charge in [-0.1, -0.05) is 34.1 Å². The number of aryl methyl sites for hydroxylation is 1. The first-order valence-corrected chi connectivity index (χ1v) is 8.88. The maximum atomic E-state index is 4.94. The van der Waals surface area contributed by atoms with Crippen molar-refractivity contribution in [2.24, 2.45) is 5.92 Å². The van der Waals surface area contributed by atoms with Crippen LogP contribution < -0.4 is 10.2 Å². The molecular weight excluding hydrogens is 266 g/mol. The fourth-order valence-corrected chi connectivity index (χ4v) is 3.83. The smallest absolute Gasteiger partial charge is 0.185 e. The van der Waals surface area contributed by atoms with E-state index in [2.05, 4.69) is 37.9 Å². The van der Waals surface area contributed by atoms with E-state index in [1.807, 2.05) is 11.3 Å². The fourth-order valence-electron chi connectivity index (χ4n) is 2.74. The van der Waals surface area contributed by atoms with Crippen LogP contribution in [-0.2, 0) is 13.0 Å². The molecule has 0 amide bonds. The third-order valence-corrected chi connectivity index (χ3v) is 5.01. The number of anilines is 1. The number of hydrogen-bond acceptors (Lipinski definition) is 4. The summed E-state index contributed by atoms with van der Waals surface area (Å²) in [6.07, 6.45) is 4.96. The Morgan fingerprint density at radius 3 is 2.90 bits per heavy atom. The maximum Gasteiger partial charge on any atom is 0.185 e. The molecule has 1 aliphatic rings. The van der Waals surface area contributed by atoms with E-state index in [0.717, 1.165) is 18.9 Å². The Labute approximate surface area is 127 Å². The number of rotatable bonds is 6. The highest BCUT2D eigenvalue weighted by atomic mass is 32.1. The third kappa shape index (κ3) is 4.19. The van der Waals surface area contributed by atoms with Crippen LogP contribution in [0.25, 0.3) is 0 Å². The molecule has 4 heteroatoms. The van der Waals surface area contributed by atoms with E-state index in [1.165, 1.54) is 48.1 Å². The zero-order chi connectivity index (χ0) is 14.5.